The predicted molar refractivity (Wildman–Crippen MR) is 111 cm³/mol. The number of anilines is 1. The van der Waals surface area contributed by atoms with E-state index in [0.29, 0.717) is 11.4 Å². The van der Waals surface area contributed by atoms with Crippen LogP contribution < -0.4 is 15.4 Å². The number of hydrogen-bond donors (Lipinski definition) is 2. The first kappa shape index (κ1) is 18.2. The second-order valence-electron chi connectivity index (χ2n) is 7.10. The van der Waals surface area contributed by atoms with Gasteiger partial charge in [-0.25, -0.2) is 15.0 Å². The van der Waals surface area contributed by atoms with Gasteiger partial charge in [-0.2, -0.15) is 5.10 Å². The Morgan fingerprint density at radius 2 is 2.07 bits per heavy atom. The smallest absolute Gasteiger partial charge is 0.258 e. The number of rotatable bonds is 5. The monoisotopic (exact) mass is 401 g/mol. The van der Waals surface area contributed by atoms with Gasteiger partial charge < -0.3 is 10.1 Å². The molecule has 1 saturated heterocycles. The largest absolute Gasteiger partial charge is 0.472 e. The van der Waals surface area contributed by atoms with E-state index in [9.17, 15) is 4.79 Å². The summed E-state index contributed by atoms with van der Waals surface area (Å²) >= 11 is 0. The Hall–Kier alpha value is -3.85. The molecule has 150 valence electrons. The fourth-order valence-corrected chi connectivity index (χ4v) is 3.14. The van der Waals surface area contributed by atoms with E-state index in [-0.39, 0.29) is 18.0 Å². The Morgan fingerprint density at radius 3 is 2.83 bits per heavy atom. The molecule has 5 rings (SSSR count). The van der Waals surface area contributed by atoms with Gasteiger partial charge in [0, 0.05) is 61.3 Å². The van der Waals surface area contributed by atoms with E-state index in [1.807, 2.05) is 31.4 Å². The van der Waals surface area contributed by atoms with Crippen LogP contribution >= 0.6 is 0 Å². The first-order chi connectivity index (χ1) is 14.6. The molecule has 4 aromatic rings. The van der Waals surface area contributed by atoms with Gasteiger partial charge in [0.25, 0.3) is 5.91 Å². The first-order valence-electron chi connectivity index (χ1n) is 9.55. The molecule has 0 unspecified atom stereocenters. The summed E-state index contributed by atoms with van der Waals surface area (Å²) in [5, 5.41) is 11.0. The summed E-state index contributed by atoms with van der Waals surface area (Å²) in [5.74, 6) is 0.338. The SMILES string of the molecule is Cn1cc(-c2ccc3cnc(NC(=O)c4ccnc(OC5CNC5)c4)nc3c2)cn1. The van der Waals surface area contributed by atoms with E-state index in [4.69, 9.17) is 4.74 Å². The molecule has 0 atom stereocenters. The molecule has 1 aromatic carbocycles. The topological polar surface area (TPSA) is 107 Å². The van der Waals surface area contributed by atoms with Crippen molar-refractivity contribution >= 4 is 22.8 Å². The van der Waals surface area contributed by atoms with Crippen molar-refractivity contribution < 1.29 is 9.53 Å². The average molecular weight is 401 g/mol. The van der Waals surface area contributed by atoms with E-state index in [0.717, 1.165) is 35.1 Å². The summed E-state index contributed by atoms with van der Waals surface area (Å²) in [6, 6.07) is 9.15. The van der Waals surface area contributed by atoms with Gasteiger partial charge in [0.1, 0.15) is 6.10 Å². The number of carbonyl (C=O) groups is 1. The van der Waals surface area contributed by atoms with Gasteiger partial charge in [-0.05, 0) is 17.7 Å². The van der Waals surface area contributed by atoms with Gasteiger partial charge in [0.15, 0.2) is 0 Å². The van der Waals surface area contributed by atoms with Crippen molar-refractivity contribution in [1.29, 1.82) is 0 Å². The van der Waals surface area contributed by atoms with Crippen molar-refractivity contribution in [2.75, 3.05) is 18.4 Å². The minimum absolute atomic E-state index is 0.0913. The molecule has 0 bridgehead atoms. The molecule has 2 N–H and O–H groups in total. The van der Waals surface area contributed by atoms with Gasteiger partial charge in [-0.3, -0.25) is 14.8 Å². The standard InChI is InChI=1S/C21H19N7O2/c1-28-12-16(9-25-28)13-2-3-15-8-24-21(26-18(15)6-13)27-20(29)14-4-5-23-19(7-14)30-17-10-22-11-17/h2-9,12,17,22H,10-11H2,1H3,(H,24,26,27,29). The molecule has 0 aliphatic carbocycles. The maximum atomic E-state index is 12.7. The van der Waals surface area contributed by atoms with Crippen molar-refractivity contribution in [1.82, 2.24) is 30.0 Å². The van der Waals surface area contributed by atoms with Gasteiger partial charge >= 0.3 is 0 Å². The third-order valence-corrected chi connectivity index (χ3v) is 4.87. The Morgan fingerprint density at radius 1 is 1.17 bits per heavy atom. The quantitative estimate of drug-likeness (QED) is 0.527. The van der Waals surface area contributed by atoms with Crippen LogP contribution in [-0.4, -0.2) is 49.8 Å². The molecule has 9 nitrogen and oxygen atoms in total. The number of ether oxygens (including phenoxy) is 1. The third kappa shape index (κ3) is 3.70. The van der Waals surface area contributed by atoms with Crippen LogP contribution in [0.15, 0.2) is 55.1 Å². The lowest BCUT2D eigenvalue weighted by Gasteiger charge is -2.27. The molecule has 1 fully saturated rings. The zero-order valence-electron chi connectivity index (χ0n) is 16.2. The van der Waals surface area contributed by atoms with E-state index in [1.54, 1.807) is 35.4 Å². The van der Waals surface area contributed by atoms with Crippen LogP contribution in [-0.2, 0) is 7.05 Å². The van der Waals surface area contributed by atoms with E-state index < -0.39 is 0 Å². The number of aromatic nitrogens is 5. The van der Waals surface area contributed by atoms with Crippen LogP contribution in [0, 0.1) is 0 Å². The molecule has 9 heteroatoms. The number of nitrogens with one attached hydrogen (secondary N) is 2. The average Bonchev–Trinajstić information content (AvgIpc) is 3.17. The molecular weight excluding hydrogens is 382 g/mol. The highest BCUT2D eigenvalue weighted by Crippen LogP contribution is 2.23. The van der Waals surface area contributed by atoms with Crippen LogP contribution in [0.4, 0.5) is 5.95 Å². The van der Waals surface area contributed by atoms with Crippen LogP contribution in [0.1, 0.15) is 10.4 Å². The van der Waals surface area contributed by atoms with Crippen molar-refractivity contribution in [3.63, 3.8) is 0 Å². The van der Waals surface area contributed by atoms with Gasteiger partial charge in [0.05, 0.1) is 11.7 Å². The number of amides is 1. The van der Waals surface area contributed by atoms with Crippen LogP contribution in [0.5, 0.6) is 5.88 Å². The Labute approximate surface area is 172 Å². The van der Waals surface area contributed by atoms with Crippen molar-refractivity contribution in [2.24, 2.45) is 7.05 Å². The van der Waals surface area contributed by atoms with E-state index in [1.165, 1.54) is 0 Å². The lowest BCUT2D eigenvalue weighted by atomic mass is 10.1. The summed E-state index contributed by atoms with van der Waals surface area (Å²) in [6.45, 7) is 1.56. The summed E-state index contributed by atoms with van der Waals surface area (Å²) in [5.41, 5.74) is 3.15. The second kappa shape index (κ2) is 7.53. The van der Waals surface area contributed by atoms with Crippen molar-refractivity contribution in [3.8, 4) is 17.0 Å². The fraction of sp³-hybridized carbons (Fsp3) is 0.190. The zero-order chi connectivity index (χ0) is 20.5. The number of hydrogen-bond acceptors (Lipinski definition) is 7. The number of fused-ring (bicyclic) bond motifs is 1. The Kier molecular flexibility index (Phi) is 4.56. The summed E-state index contributed by atoms with van der Waals surface area (Å²) in [6.07, 6.45) is 7.07. The van der Waals surface area contributed by atoms with Crippen molar-refractivity contribution in [2.45, 2.75) is 6.10 Å². The molecule has 0 spiro atoms. The molecule has 4 heterocycles. The molecule has 30 heavy (non-hydrogen) atoms. The van der Waals surface area contributed by atoms with Crippen LogP contribution in [0.3, 0.4) is 0 Å². The maximum absolute atomic E-state index is 12.7. The lowest BCUT2D eigenvalue weighted by Crippen LogP contribution is -2.50. The Balaban J connectivity index is 1.36. The highest BCUT2D eigenvalue weighted by atomic mass is 16.5. The van der Waals surface area contributed by atoms with Crippen molar-refractivity contribution in [3.05, 3.63) is 60.7 Å². The Bertz CT molecular complexity index is 1230. The summed E-state index contributed by atoms with van der Waals surface area (Å²) in [4.78, 5) is 25.6. The minimum Gasteiger partial charge on any atom is -0.472 e. The molecular formula is C21H19N7O2. The van der Waals surface area contributed by atoms with Crippen LogP contribution in [0.25, 0.3) is 22.0 Å². The molecule has 0 radical (unpaired) electrons. The molecule has 3 aromatic heterocycles. The van der Waals surface area contributed by atoms with Crippen LogP contribution in [0.2, 0.25) is 0 Å². The number of benzene rings is 1. The number of aryl methyl sites for hydroxylation is 1. The molecule has 1 amide bonds. The number of nitrogens with zero attached hydrogens (tertiary/aromatic N) is 5. The molecule has 1 aliphatic rings. The van der Waals surface area contributed by atoms with Gasteiger partial charge in [0.2, 0.25) is 11.8 Å². The first-order valence-corrected chi connectivity index (χ1v) is 9.55. The van der Waals surface area contributed by atoms with E-state index in [2.05, 4.69) is 30.7 Å². The predicted octanol–water partition coefficient (Wildman–Crippen LogP) is 2.03. The van der Waals surface area contributed by atoms with E-state index >= 15 is 0 Å². The fourth-order valence-electron chi connectivity index (χ4n) is 3.14. The third-order valence-electron chi connectivity index (χ3n) is 4.87. The molecule has 1 aliphatic heterocycles. The summed E-state index contributed by atoms with van der Waals surface area (Å²) < 4.78 is 7.46. The van der Waals surface area contributed by atoms with Gasteiger partial charge in [-0.1, -0.05) is 12.1 Å². The zero-order valence-corrected chi connectivity index (χ0v) is 16.2. The number of carbonyl (C=O) groups excluding carboxylic acids is 1. The highest BCUT2D eigenvalue weighted by Gasteiger charge is 2.19. The lowest BCUT2D eigenvalue weighted by molar-refractivity contribution is 0.102. The maximum Gasteiger partial charge on any atom is 0.258 e. The second-order valence-corrected chi connectivity index (χ2v) is 7.10. The minimum atomic E-state index is -0.322. The highest BCUT2D eigenvalue weighted by molar-refractivity contribution is 6.03. The summed E-state index contributed by atoms with van der Waals surface area (Å²) in [7, 11) is 1.87. The number of pyridine rings is 1. The molecule has 0 saturated carbocycles. The normalized spacial score (nSPS) is 13.8. The van der Waals surface area contributed by atoms with Gasteiger partial charge in [-0.15, -0.1) is 0 Å².